The number of carbonyl (C=O) groups excluding carboxylic acids is 1. The summed E-state index contributed by atoms with van der Waals surface area (Å²) in [6.07, 6.45) is 0. The molecule has 0 N–H and O–H groups in total. The molecule has 0 aliphatic carbocycles. The lowest BCUT2D eigenvalue weighted by Crippen LogP contribution is -2.06. The number of rotatable bonds is 4. The van der Waals surface area contributed by atoms with Gasteiger partial charge in [-0.2, -0.15) is 0 Å². The third kappa shape index (κ3) is 3.52. The van der Waals surface area contributed by atoms with Crippen molar-refractivity contribution < 1.29 is 14.3 Å². The van der Waals surface area contributed by atoms with Gasteiger partial charge >= 0.3 is 5.97 Å². The lowest BCUT2D eigenvalue weighted by Gasteiger charge is -2.11. The molecular formula is C16H15ClO3. The summed E-state index contributed by atoms with van der Waals surface area (Å²) in [4.78, 5) is 11.7. The number of methoxy groups -OCH3 is 1. The number of hydrogen-bond acceptors (Lipinski definition) is 3. The van der Waals surface area contributed by atoms with Crippen molar-refractivity contribution in [3.05, 3.63) is 64.2 Å². The van der Waals surface area contributed by atoms with E-state index in [4.69, 9.17) is 21.1 Å². The standard InChI is InChI=1S/C16H15ClO3/c1-11-3-5-12(6-4-11)10-20-15-8-7-13(17)9-14(15)16(18)19-2/h3-9H,10H2,1-2H3. The minimum atomic E-state index is -0.466. The van der Waals surface area contributed by atoms with Gasteiger partial charge in [0.2, 0.25) is 0 Å². The van der Waals surface area contributed by atoms with E-state index in [0.29, 0.717) is 22.9 Å². The van der Waals surface area contributed by atoms with Gasteiger partial charge in [0.05, 0.1) is 7.11 Å². The largest absolute Gasteiger partial charge is 0.488 e. The van der Waals surface area contributed by atoms with Gasteiger partial charge in [-0.25, -0.2) is 4.79 Å². The molecule has 0 aromatic heterocycles. The summed E-state index contributed by atoms with van der Waals surface area (Å²) in [6, 6.07) is 12.9. The minimum Gasteiger partial charge on any atom is -0.488 e. The lowest BCUT2D eigenvalue weighted by molar-refractivity contribution is 0.0595. The average Bonchev–Trinajstić information content (AvgIpc) is 2.46. The molecule has 0 saturated carbocycles. The molecule has 0 unspecified atom stereocenters. The van der Waals surface area contributed by atoms with Crippen molar-refractivity contribution >= 4 is 17.6 Å². The van der Waals surface area contributed by atoms with Gasteiger partial charge in [0, 0.05) is 5.02 Å². The third-order valence-electron chi connectivity index (χ3n) is 2.86. The summed E-state index contributed by atoms with van der Waals surface area (Å²) in [6.45, 7) is 2.41. The zero-order chi connectivity index (χ0) is 14.5. The van der Waals surface area contributed by atoms with Gasteiger partial charge in [-0.05, 0) is 30.7 Å². The van der Waals surface area contributed by atoms with E-state index in [1.165, 1.54) is 18.7 Å². The molecule has 0 fully saturated rings. The van der Waals surface area contributed by atoms with Crippen molar-refractivity contribution in [3.63, 3.8) is 0 Å². The van der Waals surface area contributed by atoms with Crippen LogP contribution in [0.1, 0.15) is 21.5 Å². The Morgan fingerprint density at radius 3 is 2.50 bits per heavy atom. The summed E-state index contributed by atoms with van der Waals surface area (Å²) >= 11 is 5.89. The number of halogens is 1. The Balaban J connectivity index is 2.16. The van der Waals surface area contributed by atoms with Crippen molar-refractivity contribution in [2.75, 3.05) is 7.11 Å². The van der Waals surface area contributed by atoms with Crippen LogP contribution in [0.2, 0.25) is 5.02 Å². The quantitative estimate of drug-likeness (QED) is 0.798. The van der Waals surface area contributed by atoms with Gasteiger partial charge in [0.1, 0.15) is 17.9 Å². The van der Waals surface area contributed by atoms with Crippen LogP contribution >= 0.6 is 11.6 Å². The minimum absolute atomic E-state index is 0.326. The van der Waals surface area contributed by atoms with E-state index in [1.807, 2.05) is 31.2 Å². The molecule has 0 heterocycles. The molecule has 0 atom stereocenters. The van der Waals surface area contributed by atoms with Gasteiger partial charge < -0.3 is 9.47 Å². The summed E-state index contributed by atoms with van der Waals surface area (Å²) in [5.74, 6) is -0.00627. The highest BCUT2D eigenvalue weighted by molar-refractivity contribution is 6.31. The maximum Gasteiger partial charge on any atom is 0.341 e. The fourth-order valence-electron chi connectivity index (χ4n) is 1.74. The van der Waals surface area contributed by atoms with E-state index in [9.17, 15) is 4.79 Å². The Bertz CT molecular complexity index is 606. The molecular weight excluding hydrogens is 276 g/mol. The highest BCUT2D eigenvalue weighted by Gasteiger charge is 2.13. The zero-order valence-corrected chi connectivity index (χ0v) is 12.1. The van der Waals surface area contributed by atoms with Crippen LogP contribution in [-0.2, 0) is 11.3 Å². The molecule has 0 bridgehead atoms. The number of esters is 1. The van der Waals surface area contributed by atoms with Crippen LogP contribution in [0.3, 0.4) is 0 Å². The third-order valence-corrected chi connectivity index (χ3v) is 3.10. The lowest BCUT2D eigenvalue weighted by atomic mass is 10.1. The first-order valence-electron chi connectivity index (χ1n) is 6.16. The monoisotopic (exact) mass is 290 g/mol. The summed E-state index contributed by atoms with van der Waals surface area (Å²) < 4.78 is 10.4. The van der Waals surface area contributed by atoms with Crippen molar-refractivity contribution in [1.29, 1.82) is 0 Å². The van der Waals surface area contributed by atoms with Crippen molar-refractivity contribution in [1.82, 2.24) is 0 Å². The van der Waals surface area contributed by atoms with E-state index in [2.05, 4.69) is 0 Å². The molecule has 3 nitrogen and oxygen atoms in total. The molecule has 4 heteroatoms. The smallest absolute Gasteiger partial charge is 0.341 e. The maximum absolute atomic E-state index is 11.7. The molecule has 2 rings (SSSR count). The van der Waals surface area contributed by atoms with Crippen LogP contribution in [0.15, 0.2) is 42.5 Å². The van der Waals surface area contributed by atoms with E-state index in [-0.39, 0.29) is 0 Å². The first-order chi connectivity index (χ1) is 9.60. The Labute approximate surface area is 123 Å². The Morgan fingerprint density at radius 1 is 1.15 bits per heavy atom. The highest BCUT2D eigenvalue weighted by Crippen LogP contribution is 2.24. The molecule has 104 valence electrons. The fourth-order valence-corrected chi connectivity index (χ4v) is 1.92. The zero-order valence-electron chi connectivity index (χ0n) is 11.4. The molecule has 0 aliphatic heterocycles. The Kier molecular flexibility index (Phi) is 4.64. The second-order valence-corrected chi connectivity index (χ2v) is 4.84. The number of ether oxygens (including phenoxy) is 2. The maximum atomic E-state index is 11.7. The summed E-state index contributed by atoms with van der Waals surface area (Å²) in [7, 11) is 1.33. The molecule has 0 amide bonds. The molecule has 2 aromatic carbocycles. The fraction of sp³-hybridized carbons (Fsp3) is 0.188. The molecule has 0 radical (unpaired) electrons. The first kappa shape index (κ1) is 14.4. The van der Waals surface area contributed by atoms with Crippen LogP contribution in [0.25, 0.3) is 0 Å². The Morgan fingerprint density at radius 2 is 1.85 bits per heavy atom. The van der Waals surface area contributed by atoms with Gasteiger partial charge in [0.15, 0.2) is 0 Å². The van der Waals surface area contributed by atoms with Crippen LogP contribution in [-0.4, -0.2) is 13.1 Å². The van der Waals surface area contributed by atoms with Crippen molar-refractivity contribution in [2.45, 2.75) is 13.5 Å². The van der Waals surface area contributed by atoms with E-state index < -0.39 is 5.97 Å². The average molecular weight is 291 g/mol. The Hall–Kier alpha value is -2.00. The summed E-state index contributed by atoms with van der Waals surface area (Å²) in [5, 5.41) is 0.466. The van der Waals surface area contributed by atoms with Crippen LogP contribution in [0.5, 0.6) is 5.75 Å². The molecule has 0 saturated heterocycles. The second kappa shape index (κ2) is 6.44. The molecule has 0 spiro atoms. The topological polar surface area (TPSA) is 35.5 Å². The number of hydrogen-bond donors (Lipinski definition) is 0. The highest BCUT2D eigenvalue weighted by atomic mass is 35.5. The van der Waals surface area contributed by atoms with Gasteiger partial charge in [-0.1, -0.05) is 41.4 Å². The van der Waals surface area contributed by atoms with Crippen LogP contribution < -0.4 is 4.74 Å². The molecule has 2 aromatic rings. The summed E-state index contributed by atoms with van der Waals surface area (Å²) in [5.41, 5.74) is 2.55. The molecule has 20 heavy (non-hydrogen) atoms. The van der Waals surface area contributed by atoms with Gasteiger partial charge in [0.25, 0.3) is 0 Å². The van der Waals surface area contributed by atoms with Gasteiger partial charge in [-0.15, -0.1) is 0 Å². The van der Waals surface area contributed by atoms with Crippen molar-refractivity contribution in [2.24, 2.45) is 0 Å². The van der Waals surface area contributed by atoms with Gasteiger partial charge in [-0.3, -0.25) is 0 Å². The van der Waals surface area contributed by atoms with Crippen LogP contribution in [0.4, 0.5) is 0 Å². The van der Waals surface area contributed by atoms with E-state index >= 15 is 0 Å². The van der Waals surface area contributed by atoms with Crippen molar-refractivity contribution in [3.8, 4) is 5.75 Å². The number of aryl methyl sites for hydroxylation is 1. The number of carbonyl (C=O) groups is 1. The second-order valence-electron chi connectivity index (χ2n) is 4.41. The molecule has 0 aliphatic rings. The van der Waals surface area contributed by atoms with E-state index in [0.717, 1.165) is 5.56 Å². The first-order valence-corrected chi connectivity index (χ1v) is 6.54. The SMILES string of the molecule is COC(=O)c1cc(Cl)ccc1OCc1ccc(C)cc1. The predicted octanol–water partition coefficient (Wildman–Crippen LogP) is 4.01. The number of benzene rings is 2. The predicted molar refractivity (Wildman–Crippen MR) is 78.3 cm³/mol. The van der Waals surface area contributed by atoms with E-state index in [1.54, 1.807) is 12.1 Å². The van der Waals surface area contributed by atoms with Crippen LogP contribution in [0, 0.1) is 6.92 Å². The normalized spacial score (nSPS) is 10.2.